The minimum absolute atomic E-state index is 0.0193. The highest BCUT2D eigenvalue weighted by Gasteiger charge is 2.14. The minimum Gasteiger partial charge on any atom is -0.307 e. The number of rotatable bonds is 3. The molecule has 0 amide bonds. The van der Waals surface area contributed by atoms with Crippen LogP contribution in [0, 0.1) is 0 Å². The summed E-state index contributed by atoms with van der Waals surface area (Å²) >= 11 is 0. The molecule has 3 rings (SSSR count). The van der Waals surface area contributed by atoms with Crippen LogP contribution in [0.3, 0.4) is 0 Å². The van der Waals surface area contributed by atoms with Crippen LogP contribution < -0.4 is 5.32 Å². The summed E-state index contributed by atoms with van der Waals surface area (Å²) in [6.07, 6.45) is 3.54. The van der Waals surface area contributed by atoms with Gasteiger partial charge in [0, 0.05) is 12.4 Å². The van der Waals surface area contributed by atoms with Gasteiger partial charge in [0.1, 0.15) is 5.82 Å². The van der Waals surface area contributed by atoms with Crippen molar-refractivity contribution in [2.45, 2.75) is 6.04 Å². The van der Waals surface area contributed by atoms with E-state index < -0.39 is 0 Å². The van der Waals surface area contributed by atoms with Gasteiger partial charge in [0.15, 0.2) is 0 Å². The maximum Gasteiger partial charge on any atom is 0.149 e. The first-order chi connectivity index (χ1) is 9.38. The average molecular weight is 249 g/mol. The molecule has 0 aliphatic carbocycles. The van der Waals surface area contributed by atoms with Gasteiger partial charge in [-0.05, 0) is 35.5 Å². The lowest BCUT2D eigenvalue weighted by molar-refractivity contribution is 0.647. The molecule has 2 aromatic carbocycles. The van der Waals surface area contributed by atoms with E-state index in [2.05, 4.69) is 57.7 Å². The summed E-state index contributed by atoms with van der Waals surface area (Å²) < 4.78 is 0. The van der Waals surface area contributed by atoms with Crippen molar-refractivity contribution in [1.29, 1.82) is 0 Å². The molecule has 1 atom stereocenters. The van der Waals surface area contributed by atoms with E-state index in [4.69, 9.17) is 0 Å². The Kier molecular flexibility index (Phi) is 3.21. The molecule has 0 aliphatic heterocycles. The highest BCUT2D eigenvalue weighted by molar-refractivity contribution is 5.83. The highest BCUT2D eigenvalue weighted by atomic mass is 15.0. The average Bonchev–Trinajstić information content (AvgIpc) is 2.49. The van der Waals surface area contributed by atoms with E-state index in [0.29, 0.717) is 0 Å². The predicted octanol–water partition coefficient (Wildman–Crippen LogP) is 2.94. The van der Waals surface area contributed by atoms with Crippen molar-refractivity contribution in [2.24, 2.45) is 0 Å². The third kappa shape index (κ3) is 2.33. The number of nitrogens with one attached hydrogen (secondary N) is 1. The Bertz CT molecular complexity index is 680. The number of benzene rings is 2. The first-order valence-electron chi connectivity index (χ1n) is 6.31. The maximum atomic E-state index is 4.33. The van der Waals surface area contributed by atoms with Crippen LogP contribution in [0.2, 0.25) is 0 Å². The van der Waals surface area contributed by atoms with Crippen LogP contribution in [0.25, 0.3) is 10.8 Å². The van der Waals surface area contributed by atoms with Crippen molar-refractivity contribution in [3.8, 4) is 0 Å². The first-order valence-corrected chi connectivity index (χ1v) is 6.31. The monoisotopic (exact) mass is 249 g/mol. The third-order valence-electron chi connectivity index (χ3n) is 3.24. The van der Waals surface area contributed by atoms with E-state index in [0.717, 1.165) is 5.82 Å². The summed E-state index contributed by atoms with van der Waals surface area (Å²) in [7, 11) is 1.93. The zero-order chi connectivity index (χ0) is 13.1. The topological polar surface area (TPSA) is 37.8 Å². The first kappa shape index (κ1) is 11.8. The van der Waals surface area contributed by atoms with Crippen LogP contribution in [0.1, 0.15) is 17.4 Å². The van der Waals surface area contributed by atoms with Gasteiger partial charge in [-0.25, -0.2) is 9.97 Å². The van der Waals surface area contributed by atoms with Crippen LogP contribution in [0.4, 0.5) is 0 Å². The second-order valence-corrected chi connectivity index (χ2v) is 4.44. The molecule has 3 nitrogen and oxygen atoms in total. The molecule has 0 radical (unpaired) electrons. The van der Waals surface area contributed by atoms with Crippen molar-refractivity contribution in [3.05, 3.63) is 72.3 Å². The van der Waals surface area contributed by atoms with Crippen molar-refractivity contribution in [1.82, 2.24) is 15.3 Å². The summed E-state index contributed by atoms with van der Waals surface area (Å²) in [4.78, 5) is 8.67. The molecule has 0 fully saturated rings. The minimum atomic E-state index is 0.0193. The van der Waals surface area contributed by atoms with Crippen LogP contribution in [-0.2, 0) is 0 Å². The fourth-order valence-corrected chi connectivity index (χ4v) is 2.29. The molecule has 0 spiro atoms. The van der Waals surface area contributed by atoms with Gasteiger partial charge in [-0.1, -0.05) is 36.4 Å². The lowest BCUT2D eigenvalue weighted by Crippen LogP contribution is -2.20. The van der Waals surface area contributed by atoms with Crippen molar-refractivity contribution >= 4 is 10.8 Å². The van der Waals surface area contributed by atoms with Gasteiger partial charge >= 0.3 is 0 Å². The summed E-state index contributed by atoms with van der Waals surface area (Å²) in [5.74, 6) is 0.792. The van der Waals surface area contributed by atoms with E-state index in [1.807, 2.05) is 13.1 Å². The van der Waals surface area contributed by atoms with Crippen LogP contribution in [0.5, 0.6) is 0 Å². The van der Waals surface area contributed by atoms with Gasteiger partial charge in [0.05, 0.1) is 6.04 Å². The molecule has 0 bridgehead atoms. The largest absolute Gasteiger partial charge is 0.307 e. The quantitative estimate of drug-likeness (QED) is 0.775. The van der Waals surface area contributed by atoms with Gasteiger partial charge in [0.2, 0.25) is 0 Å². The standard InChI is InChI=1S/C16H15N3/c1-17-15(16-18-9-4-10-19-16)14-8-7-12-5-2-3-6-13(12)11-14/h2-11,15,17H,1H3. The Hall–Kier alpha value is -2.26. The Balaban J connectivity index is 2.06. The number of hydrogen-bond acceptors (Lipinski definition) is 3. The molecule has 3 heteroatoms. The summed E-state index contributed by atoms with van der Waals surface area (Å²) in [5, 5.41) is 5.75. The van der Waals surface area contributed by atoms with Crippen LogP contribution >= 0.6 is 0 Å². The van der Waals surface area contributed by atoms with Gasteiger partial charge in [-0.3, -0.25) is 0 Å². The second kappa shape index (κ2) is 5.16. The lowest BCUT2D eigenvalue weighted by atomic mass is 10.0. The molecule has 1 N–H and O–H groups in total. The van der Waals surface area contributed by atoms with Crippen LogP contribution in [-0.4, -0.2) is 17.0 Å². The highest BCUT2D eigenvalue weighted by Crippen LogP contribution is 2.23. The predicted molar refractivity (Wildman–Crippen MR) is 76.9 cm³/mol. The van der Waals surface area contributed by atoms with E-state index >= 15 is 0 Å². The Labute approximate surface area is 112 Å². The fourth-order valence-electron chi connectivity index (χ4n) is 2.29. The molecule has 0 saturated carbocycles. The van der Waals surface area contributed by atoms with Crippen LogP contribution in [0.15, 0.2) is 60.9 Å². The summed E-state index contributed by atoms with van der Waals surface area (Å²) in [6.45, 7) is 0. The summed E-state index contributed by atoms with van der Waals surface area (Å²) in [6, 6.07) is 16.6. The van der Waals surface area contributed by atoms with Gasteiger partial charge < -0.3 is 5.32 Å². The van der Waals surface area contributed by atoms with Gasteiger partial charge in [-0.2, -0.15) is 0 Å². The molecule has 19 heavy (non-hydrogen) atoms. The Morgan fingerprint density at radius 3 is 2.37 bits per heavy atom. The normalized spacial score (nSPS) is 12.5. The molecule has 1 heterocycles. The number of aromatic nitrogens is 2. The van der Waals surface area contributed by atoms with Crippen molar-refractivity contribution in [3.63, 3.8) is 0 Å². The molecular weight excluding hydrogens is 234 g/mol. The third-order valence-corrected chi connectivity index (χ3v) is 3.24. The zero-order valence-corrected chi connectivity index (χ0v) is 10.7. The van der Waals surface area contributed by atoms with Gasteiger partial charge in [-0.15, -0.1) is 0 Å². The van der Waals surface area contributed by atoms with E-state index in [-0.39, 0.29) is 6.04 Å². The zero-order valence-electron chi connectivity index (χ0n) is 10.7. The summed E-state index contributed by atoms with van der Waals surface area (Å²) in [5.41, 5.74) is 1.17. The smallest absolute Gasteiger partial charge is 0.149 e. The molecule has 1 unspecified atom stereocenters. The molecule has 1 aromatic heterocycles. The van der Waals surface area contributed by atoms with E-state index in [9.17, 15) is 0 Å². The second-order valence-electron chi connectivity index (χ2n) is 4.44. The lowest BCUT2D eigenvalue weighted by Gasteiger charge is -2.15. The van der Waals surface area contributed by atoms with Gasteiger partial charge in [0.25, 0.3) is 0 Å². The van der Waals surface area contributed by atoms with E-state index in [1.54, 1.807) is 12.4 Å². The van der Waals surface area contributed by atoms with Crippen molar-refractivity contribution < 1.29 is 0 Å². The number of nitrogens with zero attached hydrogens (tertiary/aromatic N) is 2. The number of fused-ring (bicyclic) bond motifs is 1. The number of hydrogen-bond donors (Lipinski definition) is 1. The van der Waals surface area contributed by atoms with Crippen molar-refractivity contribution in [2.75, 3.05) is 7.05 Å². The Morgan fingerprint density at radius 2 is 1.63 bits per heavy atom. The molecule has 94 valence electrons. The molecule has 3 aromatic rings. The Morgan fingerprint density at radius 1 is 0.895 bits per heavy atom. The molecular formula is C16H15N3. The maximum absolute atomic E-state index is 4.33. The molecule has 0 aliphatic rings. The molecule has 0 saturated heterocycles. The fraction of sp³-hybridized carbons (Fsp3) is 0.125. The SMILES string of the molecule is CNC(c1ccc2ccccc2c1)c1ncccn1. The van der Waals surface area contributed by atoms with E-state index in [1.165, 1.54) is 16.3 Å².